The second kappa shape index (κ2) is 11.6. The molecular weight excluding hydrogens is 570 g/mol. The van der Waals surface area contributed by atoms with Crippen LogP contribution >= 0.6 is 31.9 Å². The monoisotopic (exact) mass is 593 g/mol. The second-order valence-corrected chi connectivity index (χ2v) is 9.26. The molecule has 8 nitrogen and oxygen atoms in total. The van der Waals surface area contributed by atoms with Crippen LogP contribution in [0.2, 0.25) is 0 Å². The van der Waals surface area contributed by atoms with Gasteiger partial charge in [0.25, 0.3) is 5.56 Å². The zero-order valence-electron chi connectivity index (χ0n) is 19.3. The summed E-state index contributed by atoms with van der Waals surface area (Å²) < 4.78 is 19.1. The minimum absolute atomic E-state index is 0.230. The predicted octanol–water partition coefficient (Wildman–Crippen LogP) is 5.10. The number of carbonyl (C=O) groups excluding carboxylic acids is 1. The van der Waals surface area contributed by atoms with Crippen molar-refractivity contribution in [3.63, 3.8) is 0 Å². The van der Waals surface area contributed by atoms with E-state index in [4.69, 9.17) is 14.2 Å². The van der Waals surface area contributed by atoms with Gasteiger partial charge in [0.1, 0.15) is 5.82 Å². The summed E-state index contributed by atoms with van der Waals surface area (Å²) in [5.41, 5.74) is 1.03. The normalized spacial score (nSPS) is 11.4. The molecule has 0 bridgehead atoms. The largest absolute Gasteiger partial charge is 0.490 e. The SMILES string of the molecule is CCOc1cc(C=Nn2c(CC)nc3ccc(Br)cc3c2=O)cc(Br)c1OCC(=O)OC(C)C. The van der Waals surface area contributed by atoms with E-state index >= 15 is 0 Å². The van der Waals surface area contributed by atoms with Crippen molar-refractivity contribution in [2.45, 2.75) is 40.2 Å². The molecular formula is C24H25Br2N3O5. The minimum atomic E-state index is -0.475. The Labute approximate surface area is 214 Å². The zero-order valence-corrected chi connectivity index (χ0v) is 22.5. The molecule has 0 N–H and O–H groups in total. The molecule has 2 aromatic carbocycles. The summed E-state index contributed by atoms with van der Waals surface area (Å²) in [6.07, 6.45) is 1.86. The van der Waals surface area contributed by atoms with E-state index in [9.17, 15) is 9.59 Å². The van der Waals surface area contributed by atoms with Crippen LogP contribution in [0.5, 0.6) is 11.5 Å². The molecule has 0 atom stereocenters. The highest BCUT2D eigenvalue weighted by Gasteiger charge is 2.15. The van der Waals surface area contributed by atoms with Crippen LogP contribution in [0.4, 0.5) is 0 Å². The average molecular weight is 595 g/mol. The Hall–Kier alpha value is -2.72. The molecule has 10 heteroatoms. The molecule has 0 spiro atoms. The van der Waals surface area contributed by atoms with Crippen molar-refractivity contribution in [1.82, 2.24) is 9.66 Å². The maximum atomic E-state index is 13.1. The molecule has 0 amide bonds. The van der Waals surface area contributed by atoms with Gasteiger partial charge in [0.05, 0.1) is 34.3 Å². The van der Waals surface area contributed by atoms with Crippen molar-refractivity contribution < 1.29 is 19.0 Å². The third-order valence-electron chi connectivity index (χ3n) is 4.55. The number of hydrogen-bond donors (Lipinski definition) is 0. The standard InChI is InChI=1S/C24H25Br2N3O5/c1-5-21-28-19-8-7-16(25)11-17(19)24(31)29(21)27-12-15-9-18(26)23(20(10-15)32-6-2)33-13-22(30)34-14(3)4/h7-12,14H,5-6,13H2,1-4H3. The number of fused-ring (bicyclic) bond motifs is 1. The Bertz CT molecular complexity index is 1290. The summed E-state index contributed by atoms with van der Waals surface area (Å²) in [5, 5.41) is 4.88. The zero-order chi connectivity index (χ0) is 24.8. The van der Waals surface area contributed by atoms with Crippen LogP contribution in [0.25, 0.3) is 10.9 Å². The van der Waals surface area contributed by atoms with E-state index in [0.717, 1.165) is 4.47 Å². The first-order valence-electron chi connectivity index (χ1n) is 10.8. The van der Waals surface area contributed by atoms with Crippen molar-refractivity contribution in [1.29, 1.82) is 0 Å². The fraction of sp³-hybridized carbons (Fsp3) is 0.333. The molecule has 0 radical (unpaired) electrons. The summed E-state index contributed by atoms with van der Waals surface area (Å²) in [4.78, 5) is 29.5. The van der Waals surface area contributed by atoms with E-state index in [0.29, 0.717) is 51.3 Å². The van der Waals surface area contributed by atoms with Crippen LogP contribution in [0, 0.1) is 0 Å². The van der Waals surface area contributed by atoms with E-state index in [1.165, 1.54) is 4.68 Å². The van der Waals surface area contributed by atoms with Gasteiger partial charge in [-0.2, -0.15) is 9.78 Å². The second-order valence-electron chi connectivity index (χ2n) is 7.49. The first kappa shape index (κ1) is 25.9. The van der Waals surface area contributed by atoms with Gasteiger partial charge >= 0.3 is 5.97 Å². The van der Waals surface area contributed by atoms with Gasteiger partial charge in [-0.05, 0) is 72.6 Å². The predicted molar refractivity (Wildman–Crippen MR) is 138 cm³/mol. The number of benzene rings is 2. The number of rotatable bonds is 9. The van der Waals surface area contributed by atoms with Gasteiger partial charge in [0, 0.05) is 10.9 Å². The Morgan fingerprint density at radius 1 is 1.18 bits per heavy atom. The van der Waals surface area contributed by atoms with Gasteiger partial charge in [0.15, 0.2) is 18.1 Å². The van der Waals surface area contributed by atoms with Crippen LogP contribution in [-0.4, -0.2) is 41.2 Å². The smallest absolute Gasteiger partial charge is 0.344 e. The Kier molecular flexibility index (Phi) is 8.84. The molecule has 0 aliphatic rings. The number of hydrogen-bond acceptors (Lipinski definition) is 7. The summed E-state index contributed by atoms with van der Waals surface area (Å²) in [5.74, 6) is 0.878. The molecule has 34 heavy (non-hydrogen) atoms. The van der Waals surface area contributed by atoms with Gasteiger partial charge in [0.2, 0.25) is 0 Å². The number of aromatic nitrogens is 2. The molecule has 3 aromatic rings. The van der Waals surface area contributed by atoms with E-state index < -0.39 is 5.97 Å². The number of esters is 1. The Morgan fingerprint density at radius 3 is 2.62 bits per heavy atom. The summed E-state index contributed by atoms with van der Waals surface area (Å²) in [6, 6.07) is 8.87. The van der Waals surface area contributed by atoms with Crippen LogP contribution in [0.1, 0.15) is 39.1 Å². The lowest BCUT2D eigenvalue weighted by atomic mass is 10.2. The Balaban J connectivity index is 1.96. The van der Waals surface area contributed by atoms with Crippen LogP contribution in [0.15, 0.2) is 49.2 Å². The van der Waals surface area contributed by atoms with Gasteiger partial charge in [-0.3, -0.25) is 4.79 Å². The van der Waals surface area contributed by atoms with E-state index in [-0.39, 0.29) is 18.3 Å². The molecule has 0 saturated carbocycles. The number of nitrogens with zero attached hydrogens (tertiary/aromatic N) is 3. The number of carbonyl (C=O) groups is 1. The number of ether oxygens (including phenoxy) is 3. The highest BCUT2D eigenvalue weighted by molar-refractivity contribution is 9.10. The first-order valence-corrected chi connectivity index (χ1v) is 12.4. The van der Waals surface area contributed by atoms with Crippen LogP contribution in [0.3, 0.4) is 0 Å². The van der Waals surface area contributed by atoms with E-state index in [1.54, 1.807) is 44.3 Å². The fourth-order valence-electron chi connectivity index (χ4n) is 3.16. The molecule has 0 unspecified atom stereocenters. The van der Waals surface area contributed by atoms with Gasteiger partial charge < -0.3 is 14.2 Å². The molecule has 1 heterocycles. The number of halogens is 2. The van der Waals surface area contributed by atoms with Crippen LogP contribution in [-0.2, 0) is 16.0 Å². The van der Waals surface area contributed by atoms with Crippen molar-refractivity contribution >= 4 is 54.9 Å². The quantitative estimate of drug-likeness (QED) is 0.253. The fourth-order valence-corrected chi connectivity index (χ4v) is 4.10. The lowest BCUT2D eigenvalue weighted by molar-refractivity contribution is -0.149. The summed E-state index contributed by atoms with van der Waals surface area (Å²) in [6.45, 7) is 7.44. The van der Waals surface area contributed by atoms with Gasteiger partial charge in [-0.25, -0.2) is 9.78 Å². The van der Waals surface area contributed by atoms with Gasteiger partial charge in [-0.1, -0.05) is 22.9 Å². The van der Waals surface area contributed by atoms with E-state index in [1.807, 2.05) is 19.9 Å². The molecule has 0 saturated heterocycles. The highest BCUT2D eigenvalue weighted by Crippen LogP contribution is 2.36. The maximum absolute atomic E-state index is 13.1. The number of aryl methyl sites for hydroxylation is 1. The third kappa shape index (κ3) is 6.24. The molecule has 0 aliphatic heterocycles. The third-order valence-corrected chi connectivity index (χ3v) is 5.63. The summed E-state index contributed by atoms with van der Waals surface area (Å²) >= 11 is 6.87. The minimum Gasteiger partial charge on any atom is -0.490 e. The summed E-state index contributed by atoms with van der Waals surface area (Å²) in [7, 11) is 0. The van der Waals surface area contributed by atoms with Crippen molar-refractivity contribution in [2.75, 3.05) is 13.2 Å². The molecule has 0 aliphatic carbocycles. The van der Waals surface area contributed by atoms with Crippen LogP contribution < -0.4 is 15.0 Å². The molecule has 180 valence electrons. The van der Waals surface area contributed by atoms with Crippen molar-refractivity contribution in [3.05, 3.63) is 61.0 Å². The van der Waals surface area contributed by atoms with Crippen molar-refractivity contribution in [2.24, 2.45) is 5.10 Å². The Morgan fingerprint density at radius 2 is 1.94 bits per heavy atom. The maximum Gasteiger partial charge on any atom is 0.344 e. The lowest BCUT2D eigenvalue weighted by Crippen LogP contribution is -2.22. The van der Waals surface area contributed by atoms with Crippen molar-refractivity contribution in [3.8, 4) is 11.5 Å². The average Bonchev–Trinajstić information content (AvgIpc) is 2.77. The van der Waals surface area contributed by atoms with E-state index in [2.05, 4.69) is 41.9 Å². The van der Waals surface area contributed by atoms with Gasteiger partial charge in [-0.15, -0.1) is 0 Å². The lowest BCUT2D eigenvalue weighted by Gasteiger charge is -2.15. The highest BCUT2D eigenvalue weighted by atomic mass is 79.9. The first-order chi connectivity index (χ1) is 16.2. The topological polar surface area (TPSA) is 92.0 Å². The molecule has 1 aromatic heterocycles. The molecule has 0 fully saturated rings. The molecule has 3 rings (SSSR count).